The van der Waals surface area contributed by atoms with Crippen molar-refractivity contribution in [3.8, 4) is 0 Å². The van der Waals surface area contributed by atoms with Gasteiger partial charge in [0, 0.05) is 96.7 Å². The van der Waals surface area contributed by atoms with Crippen molar-refractivity contribution in [1.82, 2.24) is 52.2 Å². The smallest absolute Gasteiger partial charge is 0.243 e. The Morgan fingerprint density at radius 3 is 1.00 bits per heavy atom. The van der Waals surface area contributed by atoms with Crippen molar-refractivity contribution in [1.29, 1.82) is 0 Å². The number of aromatic nitrogens is 3. The van der Waals surface area contributed by atoms with Crippen molar-refractivity contribution < 1.29 is 38.4 Å². The number of nitrogens with two attached hydrogens (primary N) is 10. The fourth-order valence-corrected chi connectivity index (χ4v) is 10.2. The van der Waals surface area contributed by atoms with Crippen molar-refractivity contribution in [2.24, 2.45) is 77.3 Å². The Kier molecular flexibility index (Phi) is 26.5. The average Bonchev–Trinajstić information content (AvgIpc) is 1.68. The van der Waals surface area contributed by atoms with Gasteiger partial charge < -0.3 is 110 Å². The lowest BCUT2D eigenvalue weighted by molar-refractivity contribution is -0.135. The maximum Gasteiger partial charge on any atom is 0.243 e. The van der Waals surface area contributed by atoms with E-state index in [9.17, 15) is 33.6 Å². The molecule has 0 radical (unpaired) electrons. The van der Waals surface area contributed by atoms with E-state index in [4.69, 9.17) is 57.3 Å². The molecular formula is C60H86N24O8. The number of primary amides is 1. The minimum Gasteiger partial charge on any atom is -0.370 e. The van der Waals surface area contributed by atoms with Crippen LogP contribution in [0.2, 0.25) is 0 Å². The van der Waals surface area contributed by atoms with Gasteiger partial charge in [0.05, 0.1) is 6.04 Å². The SMILES string of the molecule is C[C@H](NC(=O)[C@H](Cc1c[nH]c2ccccc12)NC(=O)[C@H](CCCN=C(N)N)NC(=O)[C@H](CCCN=C(N)N)NC(=O)[C@H](Cc1c[nH]c2ccccc12)NC(=O)[C@H](Cc1c[nH]c2ccccc12)NC(=O)[C@@H](N)CCCN=C(N)N)C(=O)N[C@@H](CCCN=C(N)N)C(N)=O. The molecule has 6 aromatic rings. The summed E-state index contributed by atoms with van der Waals surface area (Å²) < 4.78 is 0. The number of rotatable bonds is 37. The van der Waals surface area contributed by atoms with E-state index in [1.807, 2.05) is 66.7 Å². The molecule has 32 heteroatoms. The average molecular weight is 1270 g/mol. The number of aliphatic imine (C=N–C) groups is 4. The van der Waals surface area contributed by atoms with E-state index in [1.54, 1.807) is 24.7 Å². The van der Waals surface area contributed by atoms with Gasteiger partial charge in [0.2, 0.25) is 47.3 Å². The van der Waals surface area contributed by atoms with Crippen LogP contribution in [0, 0.1) is 0 Å². The summed E-state index contributed by atoms with van der Waals surface area (Å²) in [7, 11) is 0. The van der Waals surface area contributed by atoms with Crippen LogP contribution in [0.1, 0.15) is 75.0 Å². The predicted molar refractivity (Wildman–Crippen MR) is 352 cm³/mol. The van der Waals surface area contributed by atoms with E-state index < -0.39 is 95.6 Å². The second-order valence-corrected chi connectivity index (χ2v) is 22.1. The zero-order valence-electron chi connectivity index (χ0n) is 51.2. The van der Waals surface area contributed by atoms with E-state index in [-0.39, 0.29) is 114 Å². The molecule has 0 bridgehead atoms. The summed E-state index contributed by atoms with van der Waals surface area (Å²) in [4.78, 5) is 140. The highest BCUT2D eigenvalue weighted by Gasteiger charge is 2.35. The first-order chi connectivity index (χ1) is 44.0. The zero-order chi connectivity index (χ0) is 66.9. The van der Waals surface area contributed by atoms with Gasteiger partial charge in [0.25, 0.3) is 0 Å². The summed E-state index contributed by atoms with van der Waals surface area (Å²) in [5, 5.41) is 21.4. The number of nitrogens with one attached hydrogen (secondary N) is 10. The number of fused-ring (bicyclic) bond motifs is 3. The molecule has 0 spiro atoms. The molecule has 6 rings (SSSR count). The summed E-state index contributed by atoms with van der Waals surface area (Å²) in [5.41, 5.74) is 60.5. The molecule has 3 aromatic carbocycles. The second-order valence-electron chi connectivity index (χ2n) is 22.1. The third-order valence-electron chi connectivity index (χ3n) is 15.0. The molecule has 0 aliphatic rings. The molecule has 0 saturated carbocycles. The number of para-hydroxylation sites is 3. The molecular weight excluding hydrogens is 1180 g/mol. The second kappa shape index (κ2) is 34.7. The number of benzene rings is 3. The van der Waals surface area contributed by atoms with Crippen LogP contribution >= 0.6 is 0 Å². The number of hydrogen-bond donors (Lipinski definition) is 20. The van der Waals surface area contributed by atoms with Gasteiger partial charge in [0.15, 0.2) is 23.8 Å². The standard InChI is InChI=1S/C60H86N24O8/c1-32(50(86)79-43(49(62)85)19-9-23-72-58(65)66)78-54(90)46(26-33-29-75-40-16-5-2-12-36(33)40)83-53(89)45(21-11-25-74-60(69)70)80-52(88)44(20-10-24-73-59(67)68)81-55(91)48(28-35-31-77-42-18-7-4-14-38(35)42)84-56(92)47(27-34-30-76-41-17-6-3-13-37(34)41)82-51(87)39(61)15-8-22-71-57(63)64/h2-7,12-14,16-18,29-32,39,43-48,75-77H,8-11,15,19-28,61H2,1H3,(H2,62,85)(H,78,90)(H,79,86)(H,80,88)(H,81,91)(H,82,87)(H,83,89)(H,84,92)(H4,63,64,71)(H4,65,66,72)(H4,67,68,73)(H4,69,70,74)/t32-,39-,43-,44-,45-,46-,47-,48-/m0/s1. The Morgan fingerprint density at radius 1 is 0.370 bits per heavy atom. The highest BCUT2D eigenvalue weighted by atomic mass is 16.2. The number of hydrogen-bond acceptors (Lipinski definition) is 13. The van der Waals surface area contributed by atoms with Crippen LogP contribution in [0.5, 0.6) is 0 Å². The maximum absolute atomic E-state index is 15.2. The number of aromatic amines is 3. The lowest BCUT2D eigenvalue weighted by Crippen LogP contribution is -2.60. The first-order valence-corrected chi connectivity index (χ1v) is 30.0. The van der Waals surface area contributed by atoms with E-state index >= 15 is 4.79 Å². The van der Waals surface area contributed by atoms with Crippen molar-refractivity contribution in [3.63, 3.8) is 0 Å². The summed E-state index contributed by atoms with van der Waals surface area (Å²) in [6.45, 7) is 1.75. The summed E-state index contributed by atoms with van der Waals surface area (Å²) >= 11 is 0. The van der Waals surface area contributed by atoms with Gasteiger partial charge in [-0.3, -0.25) is 58.3 Å². The number of carbonyl (C=O) groups excluding carboxylic acids is 8. The van der Waals surface area contributed by atoms with Crippen LogP contribution < -0.4 is 94.6 Å². The number of H-pyrrole nitrogens is 3. The molecule has 494 valence electrons. The van der Waals surface area contributed by atoms with E-state index in [2.05, 4.69) is 72.1 Å². The molecule has 0 aliphatic carbocycles. The number of guanidine groups is 4. The largest absolute Gasteiger partial charge is 0.370 e. The molecule has 0 unspecified atom stereocenters. The fourth-order valence-electron chi connectivity index (χ4n) is 10.2. The highest BCUT2D eigenvalue weighted by molar-refractivity contribution is 5.99. The first-order valence-electron chi connectivity index (χ1n) is 30.0. The summed E-state index contributed by atoms with van der Waals surface area (Å²) in [6, 6.07) is 11.3. The van der Waals surface area contributed by atoms with Gasteiger partial charge in [-0.15, -0.1) is 0 Å². The van der Waals surface area contributed by atoms with E-state index in [0.29, 0.717) is 23.1 Å². The van der Waals surface area contributed by atoms with Gasteiger partial charge in [0.1, 0.15) is 42.3 Å². The van der Waals surface area contributed by atoms with Gasteiger partial charge in [-0.05, 0) is 93.2 Å². The van der Waals surface area contributed by atoms with Gasteiger partial charge in [-0.2, -0.15) is 0 Å². The van der Waals surface area contributed by atoms with Crippen LogP contribution in [0.4, 0.5) is 0 Å². The normalized spacial score (nSPS) is 13.7. The third kappa shape index (κ3) is 21.7. The van der Waals surface area contributed by atoms with E-state index in [1.165, 1.54) is 6.92 Å². The molecule has 0 fully saturated rings. The molecule has 92 heavy (non-hydrogen) atoms. The van der Waals surface area contributed by atoms with Crippen molar-refractivity contribution in [2.75, 3.05) is 26.2 Å². The Hall–Kier alpha value is -10.9. The van der Waals surface area contributed by atoms with Crippen molar-refractivity contribution >= 4 is 104 Å². The Labute approximate surface area is 529 Å². The summed E-state index contributed by atoms with van der Waals surface area (Å²) in [5.74, 6) is -7.18. The number of nitrogens with zero attached hydrogens (tertiary/aromatic N) is 4. The van der Waals surface area contributed by atoms with Crippen LogP contribution in [0.3, 0.4) is 0 Å². The van der Waals surface area contributed by atoms with Crippen LogP contribution in [0.25, 0.3) is 32.7 Å². The topological polar surface area (TPSA) is 578 Å². The van der Waals surface area contributed by atoms with Crippen LogP contribution in [0.15, 0.2) is 111 Å². The molecule has 0 saturated heterocycles. The minimum absolute atomic E-state index is 0.00917. The molecule has 8 atom stereocenters. The monoisotopic (exact) mass is 1270 g/mol. The quantitative estimate of drug-likeness (QED) is 0.0103. The molecule has 0 aliphatic heterocycles. The van der Waals surface area contributed by atoms with Gasteiger partial charge >= 0.3 is 0 Å². The first kappa shape index (κ1) is 70.2. The number of carbonyl (C=O) groups is 8. The fraction of sp³-hybridized carbons (Fsp3) is 0.400. The molecule has 32 nitrogen and oxygen atoms in total. The van der Waals surface area contributed by atoms with Crippen LogP contribution in [-0.2, 0) is 57.6 Å². The van der Waals surface area contributed by atoms with Gasteiger partial charge in [-0.1, -0.05) is 54.6 Å². The lowest BCUT2D eigenvalue weighted by Gasteiger charge is -2.28. The minimum atomic E-state index is -1.45. The maximum atomic E-state index is 15.2. The molecule has 30 N–H and O–H groups in total. The Morgan fingerprint density at radius 2 is 0.652 bits per heavy atom. The van der Waals surface area contributed by atoms with Crippen molar-refractivity contribution in [3.05, 3.63) is 108 Å². The zero-order valence-corrected chi connectivity index (χ0v) is 51.2. The molecule has 3 aromatic heterocycles. The number of amides is 8. The third-order valence-corrected chi connectivity index (χ3v) is 15.0. The Bertz CT molecular complexity index is 3630. The van der Waals surface area contributed by atoms with E-state index in [0.717, 1.165) is 32.7 Å². The highest BCUT2D eigenvalue weighted by Crippen LogP contribution is 2.23. The molecule has 8 amide bonds. The summed E-state index contributed by atoms with van der Waals surface area (Å²) in [6.07, 6.45) is 5.60. The lowest BCUT2D eigenvalue weighted by atomic mass is 10.0. The molecule has 3 heterocycles. The Balaban J connectivity index is 1.31. The van der Waals surface area contributed by atoms with Crippen LogP contribution in [-0.4, -0.2) is 161 Å². The van der Waals surface area contributed by atoms with Crippen molar-refractivity contribution in [2.45, 2.75) is 126 Å². The predicted octanol–water partition coefficient (Wildman–Crippen LogP) is -3.40. The van der Waals surface area contributed by atoms with Gasteiger partial charge in [-0.25, -0.2) is 0 Å².